The maximum Gasteiger partial charge on any atom is 0.416 e. The van der Waals surface area contributed by atoms with Gasteiger partial charge in [0, 0.05) is 0 Å². The van der Waals surface area contributed by atoms with Crippen LogP contribution in [-0.2, 0) is 34.0 Å². The summed E-state index contributed by atoms with van der Waals surface area (Å²) in [5.74, 6) is 0. The van der Waals surface area contributed by atoms with Crippen LogP contribution in [0, 0.1) is 11.3 Å². The van der Waals surface area contributed by atoms with Crippen molar-refractivity contribution in [3.63, 3.8) is 0 Å². The monoisotopic (exact) mass is 605 g/mol. The number of amides is 1. The maximum atomic E-state index is 13.6. The lowest BCUT2D eigenvalue weighted by Crippen LogP contribution is -2.64. The number of piperidine rings is 1. The Labute approximate surface area is 244 Å². The third-order valence-corrected chi connectivity index (χ3v) is 7.55. The van der Waals surface area contributed by atoms with E-state index < -0.39 is 46.8 Å². The summed E-state index contributed by atoms with van der Waals surface area (Å²) < 4.78 is 92.6. The standard InChI is InChI=1S/C31H29F6N3O3/c1-21(23-14-25(30(32,33)34)16-26(15-23)31(35,36)37)43-20-29(24-10-6-3-7-11-24)13-12-28(39,18-38)19-40(29)27(41)42-17-22-8-4-2-5-9-22/h2-11,14-16,21H,12-13,17,19-20,39H2,1H3/t21-,28+,29+/m1/s1. The van der Waals surface area contributed by atoms with Crippen LogP contribution in [0.25, 0.3) is 0 Å². The van der Waals surface area contributed by atoms with Gasteiger partial charge in [0.25, 0.3) is 0 Å². The highest BCUT2D eigenvalue weighted by molar-refractivity contribution is 5.70. The number of nitrogens with zero attached hydrogens (tertiary/aromatic N) is 2. The molecule has 0 bridgehead atoms. The van der Waals surface area contributed by atoms with Crippen molar-refractivity contribution in [3.05, 3.63) is 107 Å². The number of carbonyl (C=O) groups excluding carboxylic acids is 1. The summed E-state index contributed by atoms with van der Waals surface area (Å²) in [5, 5.41) is 9.78. The van der Waals surface area contributed by atoms with E-state index in [0.717, 1.165) is 0 Å². The number of halogens is 6. The SMILES string of the molecule is C[C@@H](OC[C@]1(c2ccccc2)CC[C@](N)(C#N)CN1C(=O)OCc1ccccc1)c1cc(C(F)(F)F)cc(C(F)(F)F)c1. The molecule has 3 aromatic carbocycles. The van der Waals surface area contributed by atoms with E-state index >= 15 is 0 Å². The Hall–Kier alpha value is -4.08. The zero-order chi connectivity index (χ0) is 31.5. The fourth-order valence-corrected chi connectivity index (χ4v) is 5.06. The van der Waals surface area contributed by atoms with Crippen LogP contribution in [0.15, 0.2) is 78.9 Å². The zero-order valence-corrected chi connectivity index (χ0v) is 23.1. The van der Waals surface area contributed by atoms with Crippen LogP contribution < -0.4 is 5.73 Å². The molecule has 1 amide bonds. The lowest BCUT2D eigenvalue weighted by Gasteiger charge is -2.50. The summed E-state index contributed by atoms with van der Waals surface area (Å²) in [4.78, 5) is 14.9. The molecule has 2 N–H and O–H groups in total. The van der Waals surface area contributed by atoms with Crippen LogP contribution in [0.3, 0.4) is 0 Å². The minimum Gasteiger partial charge on any atom is -0.445 e. The first-order valence-electron chi connectivity index (χ1n) is 13.3. The van der Waals surface area contributed by atoms with Crippen molar-refractivity contribution in [2.24, 2.45) is 5.73 Å². The van der Waals surface area contributed by atoms with E-state index in [1.807, 2.05) is 6.07 Å². The molecule has 3 aromatic rings. The maximum absolute atomic E-state index is 13.6. The first-order chi connectivity index (χ1) is 20.2. The lowest BCUT2D eigenvalue weighted by molar-refractivity contribution is -0.143. The second-order valence-corrected chi connectivity index (χ2v) is 10.6. The molecular formula is C31H29F6N3O3. The van der Waals surface area contributed by atoms with Gasteiger partial charge in [0.05, 0.1) is 42.0 Å². The first-order valence-corrected chi connectivity index (χ1v) is 13.3. The van der Waals surface area contributed by atoms with E-state index in [-0.39, 0.29) is 44.2 Å². The highest BCUT2D eigenvalue weighted by atomic mass is 19.4. The van der Waals surface area contributed by atoms with Crippen LogP contribution in [0.1, 0.15) is 53.7 Å². The number of rotatable bonds is 7. The highest BCUT2D eigenvalue weighted by Crippen LogP contribution is 2.43. The van der Waals surface area contributed by atoms with Crippen LogP contribution in [0.4, 0.5) is 31.1 Å². The number of nitriles is 1. The molecule has 228 valence electrons. The lowest BCUT2D eigenvalue weighted by atomic mass is 9.75. The number of hydrogen-bond acceptors (Lipinski definition) is 5. The van der Waals surface area contributed by atoms with Crippen LogP contribution in [0.2, 0.25) is 0 Å². The molecule has 0 spiro atoms. The molecule has 1 aliphatic rings. The minimum atomic E-state index is -5.02. The van der Waals surface area contributed by atoms with Gasteiger partial charge in [-0.05, 0) is 54.7 Å². The number of alkyl halides is 6. The van der Waals surface area contributed by atoms with E-state index in [9.17, 15) is 36.4 Å². The van der Waals surface area contributed by atoms with Gasteiger partial charge in [0.15, 0.2) is 0 Å². The molecule has 3 atom stereocenters. The molecule has 1 aliphatic heterocycles. The summed E-state index contributed by atoms with van der Waals surface area (Å²) >= 11 is 0. The molecular weight excluding hydrogens is 576 g/mol. The van der Waals surface area contributed by atoms with Gasteiger partial charge in [-0.25, -0.2) is 4.79 Å². The van der Waals surface area contributed by atoms with Gasteiger partial charge in [-0.3, -0.25) is 4.90 Å². The van der Waals surface area contributed by atoms with Crippen molar-refractivity contribution in [2.75, 3.05) is 13.2 Å². The predicted octanol–water partition coefficient (Wildman–Crippen LogP) is 7.35. The number of nitrogens with two attached hydrogens (primary N) is 1. The van der Waals surface area contributed by atoms with Gasteiger partial charge in [-0.15, -0.1) is 0 Å². The largest absolute Gasteiger partial charge is 0.445 e. The molecule has 0 radical (unpaired) electrons. The normalized spacial score (nSPS) is 21.6. The Balaban J connectivity index is 1.70. The Kier molecular flexibility index (Phi) is 9.08. The van der Waals surface area contributed by atoms with Crippen molar-refractivity contribution in [3.8, 4) is 6.07 Å². The molecule has 1 heterocycles. The molecule has 1 saturated heterocycles. The van der Waals surface area contributed by atoms with E-state index in [0.29, 0.717) is 23.3 Å². The van der Waals surface area contributed by atoms with E-state index in [1.165, 1.54) is 11.8 Å². The zero-order valence-electron chi connectivity index (χ0n) is 23.1. The fraction of sp³-hybridized carbons (Fsp3) is 0.355. The molecule has 12 heteroatoms. The third-order valence-electron chi connectivity index (χ3n) is 7.55. The van der Waals surface area contributed by atoms with Crippen molar-refractivity contribution in [2.45, 2.75) is 55.9 Å². The number of carbonyl (C=O) groups is 1. The van der Waals surface area contributed by atoms with E-state index in [1.54, 1.807) is 60.7 Å². The molecule has 4 rings (SSSR count). The minimum absolute atomic E-state index is 0.0516. The number of ether oxygens (including phenoxy) is 2. The Morgan fingerprint density at radius 3 is 2.05 bits per heavy atom. The second-order valence-electron chi connectivity index (χ2n) is 10.6. The number of benzene rings is 3. The van der Waals surface area contributed by atoms with Crippen LogP contribution in [-0.4, -0.2) is 29.7 Å². The summed E-state index contributed by atoms with van der Waals surface area (Å²) in [6, 6.07) is 20.8. The summed E-state index contributed by atoms with van der Waals surface area (Å²) in [6.07, 6.45) is -11.9. The summed E-state index contributed by atoms with van der Waals surface area (Å²) in [5.41, 5.74) is 1.55. The average molecular weight is 606 g/mol. The number of likely N-dealkylation sites (tertiary alicyclic amines) is 1. The topological polar surface area (TPSA) is 88.6 Å². The third kappa shape index (κ3) is 7.29. The van der Waals surface area contributed by atoms with Gasteiger partial charge in [-0.2, -0.15) is 31.6 Å². The van der Waals surface area contributed by atoms with Crippen molar-refractivity contribution in [1.82, 2.24) is 4.90 Å². The van der Waals surface area contributed by atoms with Crippen molar-refractivity contribution in [1.29, 1.82) is 5.26 Å². The molecule has 1 fully saturated rings. The molecule has 0 aromatic heterocycles. The van der Waals surface area contributed by atoms with Gasteiger partial charge in [0.1, 0.15) is 12.1 Å². The Morgan fingerprint density at radius 2 is 1.51 bits per heavy atom. The Bertz CT molecular complexity index is 1430. The fourth-order valence-electron chi connectivity index (χ4n) is 5.06. The van der Waals surface area contributed by atoms with Gasteiger partial charge in [-0.1, -0.05) is 60.7 Å². The molecule has 0 saturated carbocycles. The predicted molar refractivity (Wildman–Crippen MR) is 144 cm³/mol. The van der Waals surface area contributed by atoms with E-state index in [2.05, 4.69) is 0 Å². The average Bonchev–Trinajstić information content (AvgIpc) is 2.99. The second kappa shape index (κ2) is 12.3. The number of hydrogen-bond donors (Lipinski definition) is 1. The summed E-state index contributed by atoms with van der Waals surface area (Å²) in [6.45, 7) is 0.647. The molecule has 6 nitrogen and oxygen atoms in total. The highest BCUT2D eigenvalue weighted by Gasteiger charge is 2.51. The quantitative estimate of drug-likeness (QED) is 0.285. The van der Waals surface area contributed by atoms with E-state index in [4.69, 9.17) is 15.2 Å². The molecule has 43 heavy (non-hydrogen) atoms. The molecule has 0 unspecified atom stereocenters. The van der Waals surface area contributed by atoms with Crippen molar-refractivity contribution < 1.29 is 40.6 Å². The summed E-state index contributed by atoms with van der Waals surface area (Å²) in [7, 11) is 0. The molecule has 0 aliphatic carbocycles. The van der Waals surface area contributed by atoms with Gasteiger partial charge in [0.2, 0.25) is 0 Å². The first kappa shape index (κ1) is 31.8. The smallest absolute Gasteiger partial charge is 0.416 e. The van der Waals surface area contributed by atoms with Crippen LogP contribution in [0.5, 0.6) is 0 Å². The Morgan fingerprint density at radius 1 is 0.953 bits per heavy atom. The van der Waals surface area contributed by atoms with Crippen LogP contribution >= 0.6 is 0 Å². The van der Waals surface area contributed by atoms with Gasteiger partial charge >= 0.3 is 18.4 Å². The van der Waals surface area contributed by atoms with Crippen molar-refractivity contribution >= 4 is 6.09 Å². The van der Waals surface area contributed by atoms with Gasteiger partial charge < -0.3 is 15.2 Å².